The van der Waals surface area contributed by atoms with Gasteiger partial charge < -0.3 is 10.6 Å². The van der Waals surface area contributed by atoms with Crippen LogP contribution < -0.4 is 16.0 Å². The van der Waals surface area contributed by atoms with Gasteiger partial charge in [-0.1, -0.05) is 17.7 Å². The Kier molecular flexibility index (Phi) is 4.77. The predicted molar refractivity (Wildman–Crippen MR) is 84.1 cm³/mol. The summed E-state index contributed by atoms with van der Waals surface area (Å²) < 4.78 is 1.79. The van der Waals surface area contributed by atoms with Crippen LogP contribution in [0.5, 0.6) is 0 Å². The summed E-state index contributed by atoms with van der Waals surface area (Å²) in [7, 11) is 1.45. The number of rotatable bonds is 4. The number of hydrogen-bond donors (Lipinski definition) is 3. The lowest BCUT2D eigenvalue weighted by Crippen LogP contribution is -2.40. The Hall–Kier alpha value is -2.83. The van der Waals surface area contributed by atoms with Crippen LogP contribution in [0.4, 0.5) is 10.6 Å². The molecule has 22 heavy (non-hydrogen) atoms. The summed E-state index contributed by atoms with van der Waals surface area (Å²) in [5.74, 6) is 0.145. The maximum Gasteiger partial charge on any atom is 0.321 e. The van der Waals surface area contributed by atoms with E-state index in [9.17, 15) is 9.59 Å². The fourth-order valence-corrected chi connectivity index (χ4v) is 1.91. The predicted octanol–water partition coefficient (Wildman–Crippen LogP) is 1.36. The Morgan fingerprint density at radius 2 is 1.86 bits per heavy atom. The molecule has 0 aliphatic heterocycles. The molecule has 0 fully saturated rings. The van der Waals surface area contributed by atoms with Crippen LogP contribution in [0.15, 0.2) is 30.3 Å². The van der Waals surface area contributed by atoms with Crippen LogP contribution in [0.1, 0.15) is 11.3 Å². The van der Waals surface area contributed by atoms with Gasteiger partial charge in [-0.15, -0.1) is 0 Å². The highest BCUT2D eigenvalue weighted by atomic mass is 16.2. The first-order valence-corrected chi connectivity index (χ1v) is 6.88. The number of benzene rings is 1. The number of hydrogen-bond acceptors (Lipinski definition) is 4. The summed E-state index contributed by atoms with van der Waals surface area (Å²) in [6.07, 6.45) is 0. The van der Waals surface area contributed by atoms with Gasteiger partial charge in [0.1, 0.15) is 5.82 Å². The van der Waals surface area contributed by atoms with Crippen molar-refractivity contribution < 1.29 is 9.59 Å². The highest BCUT2D eigenvalue weighted by Crippen LogP contribution is 2.15. The average Bonchev–Trinajstić information content (AvgIpc) is 2.87. The number of nitrogens with zero attached hydrogens (tertiary/aromatic N) is 2. The minimum Gasteiger partial charge on any atom is -0.359 e. The molecule has 116 valence electrons. The SMILES string of the molecule is CNC(=O)NC(=O)CNc1cc(C)n(-c2ccc(C)cc2)n1. The van der Waals surface area contributed by atoms with E-state index in [1.165, 1.54) is 12.6 Å². The van der Waals surface area contributed by atoms with Gasteiger partial charge in [0.15, 0.2) is 0 Å². The molecule has 0 spiro atoms. The highest BCUT2D eigenvalue weighted by Gasteiger charge is 2.09. The van der Waals surface area contributed by atoms with Crippen molar-refractivity contribution in [3.63, 3.8) is 0 Å². The maximum atomic E-state index is 11.5. The number of carbonyl (C=O) groups excluding carboxylic acids is 2. The Morgan fingerprint density at radius 1 is 1.18 bits per heavy atom. The maximum absolute atomic E-state index is 11.5. The molecule has 0 aliphatic rings. The first-order chi connectivity index (χ1) is 10.5. The van der Waals surface area contributed by atoms with E-state index in [0.717, 1.165) is 11.4 Å². The van der Waals surface area contributed by atoms with Crippen LogP contribution in [0.25, 0.3) is 5.69 Å². The van der Waals surface area contributed by atoms with E-state index < -0.39 is 11.9 Å². The van der Waals surface area contributed by atoms with Crippen molar-refractivity contribution in [2.24, 2.45) is 0 Å². The normalized spacial score (nSPS) is 10.1. The molecule has 0 aliphatic carbocycles. The molecule has 0 saturated heterocycles. The Morgan fingerprint density at radius 3 is 2.50 bits per heavy atom. The monoisotopic (exact) mass is 301 g/mol. The number of nitrogens with one attached hydrogen (secondary N) is 3. The van der Waals surface area contributed by atoms with Gasteiger partial charge in [0.05, 0.1) is 12.2 Å². The van der Waals surface area contributed by atoms with Crippen LogP contribution in [-0.4, -0.2) is 35.3 Å². The van der Waals surface area contributed by atoms with Gasteiger partial charge in [-0.3, -0.25) is 10.1 Å². The van der Waals surface area contributed by atoms with Gasteiger partial charge in [0.2, 0.25) is 5.91 Å². The van der Waals surface area contributed by atoms with Gasteiger partial charge in [0.25, 0.3) is 0 Å². The number of amides is 3. The topological polar surface area (TPSA) is 88.0 Å². The lowest BCUT2D eigenvalue weighted by molar-refractivity contribution is -0.118. The van der Waals surface area contributed by atoms with Crippen molar-refractivity contribution >= 4 is 17.8 Å². The second kappa shape index (κ2) is 6.75. The van der Waals surface area contributed by atoms with Crippen molar-refractivity contribution in [3.05, 3.63) is 41.6 Å². The van der Waals surface area contributed by atoms with E-state index >= 15 is 0 Å². The second-order valence-corrected chi connectivity index (χ2v) is 4.90. The van der Waals surface area contributed by atoms with Gasteiger partial charge in [-0.05, 0) is 26.0 Å². The number of carbonyl (C=O) groups is 2. The van der Waals surface area contributed by atoms with Crippen LogP contribution in [-0.2, 0) is 4.79 Å². The third-order valence-electron chi connectivity index (χ3n) is 3.08. The summed E-state index contributed by atoms with van der Waals surface area (Å²) in [4.78, 5) is 22.5. The number of anilines is 1. The van der Waals surface area contributed by atoms with E-state index in [4.69, 9.17) is 0 Å². The second-order valence-electron chi connectivity index (χ2n) is 4.90. The molecule has 3 N–H and O–H groups in total. The minimum absolute atomic E-state index is 0.0300. The standard InChI is InChI=1S/C15H19N5O2/c1-10-4-6-12(7-5-10)20-11(2)8-13(19-20)17-9-14(21)18-15(22)16-3/h4-8H,9H2,1-3H3,(H,17,19)(H2,16,18,21,22). The Balaban J connectivity index is 2.02. The third-order valence-corrected chi connectivity index (χ3v) is 3.08. The first kappa shape index (κ1) is 15.6. The molecule has 7 heteroatoms. The summed E-state index contributed by atoms with van der Waals surface area (Å²) >= 11 is 0. The van der Waals surface area contributed by atoms with Crippen LogP contribution >= 0.6 is 0 Å². The van der Waals surface area contributed by atoms with Gasteiger partial charge in [0, 0.05) is 18.8 Å². The summed E-state index contributed by atoms with van der Waals surface area (Å²) in [5.41, 5.74) is 3.07. The fourth-order valence-electron chi connectivity index (χ4n) is 1.91. The molecular formula is C15H19N5O2. The van der Waals surface area contributed by atoms with E-state index in [1.807, 2.05) is 44.2 Å². The molecule has 1 aromatic carbocycles. The lowest BCUT2D eigenvalue weighted by Gasteiger charge is -2.05. The van der Waals surface area contributed by atoms with E-state index in [1.54, 1.807) is 4.68 Å². The third kappa shape index (κ3) is 3.85. The average molecular weight is 301 g/mol. The van der Waals surface area contributed by atoms with Crippen molar-refractivity contribution in [1.82, 2.24) is 20.4 Å². The summed E-state index contributed by atoms with van der Waals surface area (Å²) in [5, 5.41) is 11.8. The zero-order chi connectivity index (χ0) is 16.1. The molecule has 0 saturated carbocycles. The van der Waals surface area contributed by atoms with Gasteiger partial charge in [-0.2, -0.15) is 5.10 Å². The van der Waals surface area contributed by atoms with Crippen molar-refractivity contribution in [1.29, 1.82) is 0 Å². The van der Waals surface area contributed by atoms with Crippen LogP contribution in [0.3, 0.4) is 0 Å². The molecule has 1 aromatic heterocycles. The highest BCUT2D eigenvalue weighted by molar-refractivity contribution is 5.96. The summed E-state index contributed by atoms with van der Waals surface area (Å²) in [6, 6.07) is 9.30. The minimum atomic E-state index is -0.534. The zero-order valence-electron chi connectivity index (χ0n) is 12.8. The lowest BCUT2D eigenvalue weighted by atomic mass is 10.2. The molecule has 0 atom stereocenters. The Labute approximate surface area is 128 Å². The molecule has 2 rings (SSSR count). The number of urea groups is 1. The van der Waals surface area contributed by atoms with Crippen LogP contribution in [0.2, 0.25) is 0 Å². The first-order valence-electron chi connectivity index (χ1n) is 6.88. The fraction of sp³-hybridized carbons (Fsp3) is 0.267. The molecule has 0 radical (unpaired) electrons. The molecule has 2 aromatic rings. The number of aromatic nitrogens is 2. The van der Waals surface area contributed by atoms with E-state index in [2.05, 4.69) is 21.0 Å². The van der Waals surface area contributed by atoms with Crippen LogP contribution in [0, 0.1) is 13.8 Å². The quantitative estimate of drug-likeness (QED) is 0.795. The Bertz CT molecular complexity index is 676. The molecular weight excluding hydrogens is 282 g/mol. The zero-order valence-corrected chi connectivity index (χ0v) is 12.8. The molecule has 1 heterocycles. The van der Waals surface area contributed by atoms with Gasteiger partial charge >= 0.3 is 6.03 Å². The molecule has 7 nitrogen and oxygen atoms in total. The molecule has 0 bridgehead atoms. The molecule has 0 unspecified atom stereocenters. The van der Waals surface area contributed by atoms with Crippen molar-refractivity contribution in [3.8, 4) is 5.69 Å². The number of aryl methyl sites for hydroxylation is 2. The number of imide groups is 1. The van der Waals surface area contributed by atoms with Gasteiger partial charge in [-0.25, -0.2) is 9.48 Å². The largest absolute Gasteiger partial charge is 0.359 e. The molecule has 3 amide bonds. The van der Waals surface area contributed by atoms with E-state index in [0.29, 0.717) is 5.82 Å². The van der Waals surface area contributed by atoms with Crippen molar-refractivity contribution in [2.75, 3.05) is 18.9 Å². The van der Waals surface area contributed by atoms with Crippen molar-refractivity contribution in [2.45, 2.75) is 13.8 Å². The van der Waals surface area contributed by atoms with E-state index in [-0.39, 0.29) is 6.54 Å². The smallest absolute Gasteiger partial charge is 0.321 e. The summed E-state index contributed by atoms with van der Waals surface area (Å²) in [6.45, 7) is 3.93.